The number of amides is 1. The summed E-state index contributed by atoms with van der Waals surface area (Å²) in [6.07, 6.45) is 0.379. The standard InChI is InChI=1S/C19H21N3O2/c1-3-24-18-7-5-4-6-17(18)22-19(23)14(2)21-16-10-8-15(9-11-16)12-13-20/h4-11,14,21H,3,12H2,1-2H3,(H,22,23). The zero-order valence-corrected chi connectivity index (χ0v) is 13.9. The maximum atomic E-state index is 12.4. The molecule has 2 N–H and O–H groups in total. The van der Waals surface area contributed by atoms with E-state index in [1.54, 1.807) is 6.92 Å². The average Bonchev–Trinajstić information content (AvgIpc) is 2.59. The average molecular weight is 323 g/mol. The predicted molar refractivity (Wildman–Crippen MR) is 95.1 cm³/mol. The van der Waals surface area contributed by atoms with Crippen LogP contribution in [0.15, 0.2) is 48.5 Å². The first kappa shape index (κ1) is 17.4. The molecule has 1 atom stereocenters. The lowest BCUT2D eigenvalue weighted by Crippen LogP contribution is -2.32. The first-order valence-electron chi connectivity index (χ1n) is 7.89. The summed E-state index contributed by atoms with van der Waals surface area (Å²) in [4.78, 5) is 12.4. The number of benzene rings is 2. The lowest BCUT2D eigenvalue weighted by molar-refractivity contribution is -0.116. The summed E-state index contributed by atoms with van der Waals surface area (Å²) in [5, 5.41) is 14.7. The van der Waals surface area contributed by atoms with E-state index in [1.165, 1.54) is 0 Å². The number of hydrogen-bond acceptors (Lipinski definition) is 4. The summed E-state index contributed by atoms with van der Waals surface area (Å²) in [5.41, 5.74) is 2.44. The monoisotopic (exact) mass is 323 g/mol. The Hall–Kier alpha value is -3.00. The van der Waals surface area contributed by atoms with Crippen molar-refractivity contribution in [2.75, 3.05) is 17.2 Å². The van der Waals surface area contributed by atoms with Crippen LogP contribution in [-0.4, -0.2) is 18.6 Å². The number of rotatable bonds is 7. The highest BCUT2D eigenvalue weighted by atomic mass is 16.5. The van der Waals surface area contributed by atoms with Gasteiger partial charge in [0, 0.05) is 5.69 Å². The van der Waals surface area contributed by atoms with E-state index in [4.69, 9.17) is 10.00 Å². The SMILES string of the molecule is CCOc1ccccc1NC(=O)C(C)Nc1ccc(CC#N)cc1. The van der Waals surface area contributed by atoms with Gasteiger partial charge in [-0.3, -0.25) is 4.79 Å². The van der Waals surface area contributed by atoms with Crippen molar-refractivity contribution < 1.29 is 9.53 Å². The molecule has 0 radical (unpaired) electrons. The molecule has 5 heteroatoms. The van der Waals surface area contributed by atoms with Crippen LogP contribution in [0.25, 0.3) is 0 Å². The van der Waals surface area contributed by atoms with E-state index in [-0.39, 0.29) is 5.91 Å². The van der Waals surface area contributed by atoms with E-state index in [2.05, 4.69) is 16.7 Å². The van der Waals surface area contributed by atoms with Crippen LogP contribution in [-0.2, 0) is 11.2 Å². The number of carbonyl (C=O) groups excluding carboxylic acids is 1. The molecular formula is C19H21N3O2. The topological polar surface area (TPSA) is 74.2 Å². The lowest BCUT2D eigenvalue weighted by Gasteiger charge is -2.17. The van der Waals surface area contributed by atoms with Crippen molar-refractivity contribution in [1.29, 1.82) is 5.26 Å². The molecule has 0 saturated heterocycles. The third-order valence-corrected chi connectivity index (χ3v) is 3.46. The first-order valence-corrected chi connectivity index (χ1v) is 7.89. The number of nitrogens with zero attached hydrogens (tertiary/aromatic N) is 1. The maximum absolute atomic E-state index is 12.4. The molecule has 0 bridgehead atoms. The van der Waals surface area contributed by atoms with Gasteiger partial charge in [0.15, 0.2) is 0 Å². The Kier molecular flexibility index (Phi) is 6.21. The van der Waals surface area contributed by atoms with E-state index in [0.717, 1.165) is 11.3 Å². The molecule has 0 aliphatic heterocycles. The maximum Gasteiger partial charge on any atom is 0.246 e. The Morgan fingerprint density at radius 3 is 2.58 bits per heavy atom. The van der Waals surface area contributed by atoms with Gasteiger partial charge in [0.2, 0.25) is 5.91 Å². The van der Waals surface area contributed by atoms with E-state index in [1.807, 2.05) is 55.5 Å². The van der Waals surface area contributed by atoms with Crippen LogP contribution >= 0.6 is 0 Å². The minimum absolute atomic E-state index is 0.150. The van der Waals surface area contributed by atoms with Gasteiger partial charge < -0.3 is 15.4 Å². The molecule has 2 aromatic carbocycles. The number of nitrogens with one attached hydrogen (secondary N) is 2. The Balaban J connectivity index is 1.98. The molecule has 2 rings (SSSR count). The highest BCUT2D eigenvalue weighted by molar-refractivity contribution is 5.97. The summed E-state index contributed by atoms with van der Waals surface area (Å²) in [6.45, 7) is 4.23. The molecule has 124 valence electrons. The van der Waals surface area contributed by atoms with Gasteiger partial charge in [0.1, 0.15) is 11.8 Å². The number of nitriles is 1. The summed E-state index contributed by atoms with van der Waals surface area (Å²) in [6, 6.07) is 16.5. The fourth-order valence-corrected chi connectivity index (χ4v) is 2.22. The van der Waals surface area contributed by atoms with Gasteiger partial charge in [-0.1, -0.05) is 24.3 Å². The number of carbonyl (C=O) groups is 1. The second-order valence-corrected chi connectivity index (χ2v) is 5.32. The summed E-state index contributed by atoms with van der Waals surface area (Å²) in [7, 11) is 0. The van der Waals surface area contributed by atoms with Crippen LogP contribution in [0.3, 0.4) is 0 Å². The molecule has 0 spiro atoms. The van der Waals surface area contributed by atoms with Crippen LogP contribution in [0.4, 0.5) is 11.4 Å². The smallest absolute Gasteiger partial charge is 0.246 e. The molecule has 0 aromatic heterocycles. The zero-order valence-electron chi connectivity index (χ0n) is 13.9. The third-order valence-electron chi connectivity index (χ3n) is 3.46. The fraction of sp³-hybridized carbons (Fsp3) is 0.263. The van der Waals surface area contributed by atoms with E-state index < -0.39 is 6.04 Å². The quantitative estimate of drug-likeness (QED) is 0.816. The molecule has 0 aliphatic rings. The van der Waals surface area contributed by atoms with Crippen molar-refractivity contribution in [2.24, 2.45) is 0 Å². The Morgan fingerprint density at radius 2 is 1.92 bits per heavy atom. The predicted octanol–water partition coefficient (Wildman–Crippen LogP) is 3.59. The first-order chi connectivity index (χ1) is 11.6. The lowest BCUT2D eigenvalue weighted by atomic mass is 10.1. The Bertz CT molecular complexity index is 720. The molecule has 0 saturated carbocycles. The van der Waals surface area contributed by atoms with Crippen molar-refractivity contribution in [3.63, 3.8) is 0 Å². The Morgan fingerprint density at radius 1 is 1.21 bits per heavy atom. The van der Waals surface area contributed by atoms with Crippen LogP contribution in [0.2, 0.25) is 0 Å². The summed E-state index contributed by atoms with van der Waals surface area (Å²) in [5.74, 6) is 0.504. The van der Waals surface area contributed by atoms with Crippen LogP contribution in [0.1, 0.15) is 19.4 Å². The van der Waals surface area contributed by atoms with Crippen molar-refractivity contribution in [3.05, 3.63) is 54.1 Å². The molecule has 24 heavy (non-hydrogen) atoms. The minimum Gasteiger partial charge on any atom is -0.492 e. The molecule has 1 amide bonds. The number of anilines is 2. The van der Waals surface area contributed by atoms with Crippen molar-refractivity contribution >= 4 is 17.3 Å². The van der Waals surface area contributed by atoms with E-state index in [9.17, 15) is 4.79 Å². The molecule has 0 heterocycles. The third kappa shape index (κ3) is 4.75. The Labute approximate surface area is 142 Å². The van der Waals surface area contributed by atoms with Gasteiger partial charge in [0.05, 0.1) is 24.8 Å². The van der Waals surface area contributed by atoms with Crippen molar-refractivity contribution in [1.82, 2.24) is 0 Å². The van der Waals surface area contributed by atoms with Gasteiger partial charge in [-0.2, -0.15) is 5.26 Å². The molecule has 2 aromatic rings. The van der Waals surface area contributed by atoms with Crippen LogP contribution in [0.5, 0.6) is 5.75 Å². The number of ether oxygens (including phenoxy) is 1. The van der Waals surface area contributed by atoms with Gasteiger partial charge in [0.25, 0.3) is 0 Å². The van der Waals surface area contributed by atoms with Gasteiger partial charge in [-0.05, 0) is 43.7 Å². The van der Waals surface area contributed by atoms with Crippen LogP contribution < -0.4 is 15.4 Å². The number of hydrogen-bond donors (Lipinski definition) is 2. The second-order valence-electron chi connectivity index (χ2n) is 5.32. The summed E-state index contributed by atoms with van der Waals surface area (Å²) < 4.78 is 5.51. The number of para-hydroxylation sites is 2. The van der Waals surface area contributed by atoms with Crippen molar-refractivity contribution in [2.45, 2.75) is 26.3 Å². The normalized spacial score (nSPS) is 11.2. The second kappa shape index (κ2) is 8.59. The highest BCUT2D eigenvalue weighted by Crippen LogP contribution is 2.24. The molecule has 0 aliphatic carbocycles. The van der Waals surface area contributed by atoms with Gasteiger partial charge >= 0.3 is 0 Å². The van der Waals surface area contributed by atoms with Crippen LogP contribution in [0, 0.1) is 11.3 Å². The summed E-state index contributed by atoms with van der Waals surface area (Å²) >= 11 is 0. The largest absolute Gasteiger partial charge is 0.492 e. The van der Waals surface area contributed by atoms with Gasteiger partial charge in [-0.15, -0.1) is 0 Å². The van der Waals surface area contributed by atoms with Crippen molar-refractivity contribution in [3.8, 4) is 11.8 Å². The molecule has 1 unspecified atom stereocenters. The molecule has 0 fully saturated rings. The minimum atomic E-state index is -0.415. The van der Waals surface area contributed by atoms with E-state index in [0.29, 0.717) is 24.5 Å². The molecular weight excluding hydrogens is 302 g/mol. The molecule has 5 nitrogen and oxygen atoms in total. The van der Waals surface area contributed by atoms with Gasteiger partial charge in [-0.25, -0.2) is 0 Å². The fourth-order valence-electron chi connectivity index (χ4n) is 2.22. The highest BCUT2D eigenvalue weighted by Gasteiger charge is 2.14. The zero-order chi connectivity index (χ0) is 17.4. The van der Waals surface area contributed by atoms with E-state index >= 15 is 0 Å².